The van der Waals surface area contributed by atoms with Crippen LogP contribution in [0.3, 0.4) is 0 Å². The van der Waals surface area contributed by atoms with E-state index >= 15 is 0 Å². The molecular formula is C11H14ClNO4. The van der Waals surface area contributed by atoms with E-state index in [2.05, 4.69) is 5.32 Å². The molecule has 0 saturated heterocycles. The van der Waals surface area contributed by atoms with Crippen molar-refractivity contribution in [3.63, 3.8) is 0 Å². The first-order valence-electron chi connectivity index (χ1n) is 4.91. The Balaban J connectivity index is 2.81. The Hall–Kier alpha value is -1.46. The van der Waals surface area contributed by atoms with Crippen LogP contribution < -0.4 is 14.8 Å². The first kappa shape index (κ1) is 13.6. The van der Waals surface area contributed by atoms with Crippen LogP contribution in [0.15, 0.2) is 12.1 Å². The van der Waals surface area contributed by atoms with Crippen LogP contribution in [-0.4, -0.2) is 31.8 Å². The number of hydrogen-bond donors (Lipinski definition) is 2. The first-order valence-corrected chi connectivity index (χ1v) is 5.29. The summed E-state index contributed by atoms with van der Waals surface area (Å²) in [5.41, 5.74) is 0.755. The van der Waals surface area contributed by atoms with Gasteiger partial charge in [0.15, 0.2) is 11.5 Å². The van der Waals surface area contributed by atoms with Crippen LogP contribution in [-0.2, 0) is 11.3 Å². The van der Waals surface area contributed by atoms with Gasteiger partial charge in [0, 0.05) is 17.6 Å². The Morgan fingerprint density at radius 1 is 1.35 bits per heavy atom. The average Bonchev–Trinajstić information content (AvgIpc) is 2.30. The monoisotopic (exact) mass is 259 g/mol. The fraction of sp³-hybridized carbons (Fsp3) is 0.364. The third-order valence-electron chi connectivity index (χ3n) is 2.14. The third kappa shape index (κ3) is 3.80. The Morgan fingerprint density at radius 2 is 1.94 bits per heavy atom. The molecular weight excluding hydrogens is 246 g/mol. The predicted octanol–water partition coefficient (Wildman–Crippen LogP) is 1.53. The van der Waals surface area contributed by atoms with E-state index in [0.29, 0.717) is 23.1 Å². The van der Waals surface area contributed by atoms with Crippen molar-refractivity contribution in [1.82, 2.24) is 5.32 Å². The molecule has 0 aliphatic heterocycles. The first-order chi connectivity index (χ1) is 8.08. The third-order valence-corrected chi connectivity index (χ3v) is 2.50. The molecule has 1 aromatic carbocycles. The molecule has 2 N–H and O–H groups in total. The molecule has 17 heavy (non-hydrogen) atoms. The molecule has 6 heteroatoms. The second-order valence-corrected chi connectivity index (χ2v) is 3.70. The normalized spacial score (nSPS) is 10.1. The Kier molecular flexibility index (Phi) is 5.06. The Labute approximate surface area is 104 Å². The summed E-state index contributed by atoms with van der Waals surface area (Å²) in [5, 5.41) is 11.8. The van der Waals surface area contributed by atoms with Crippen LogP contribution in [0.5, 0.6) is 11.5 Å². The van der Waals surface area contributed by atoms with Crippen molar-refractivity contribution in [2.24, 2.45) is 0 Å². The number of aliphatic carboxylic acids is 1. The number of carboxylic acids is 1. The number of carboxylic acid groups (broad SMARTS) is 1. The zero-order valence-electron chi connectivity index (χ0n) is 9.62. The smallest absolute Gasteiger partial charge is 0.317 e. The topological polar surface area (TPSA) is 67.8 Å². The molecule has 0 aromatic heterocycles. The van der Waals surface area contributed by atoms with E-state index < -0.39 is 5.97 Å². The molecule has 0 spiro atoms. The predicted molar refractivity (Wildman–Crippen MR) is 63.9 cm³/mol. The summed E-state index contributed by atoms with van der Waals surface area (Å²) in [6, 6.07) is 3.36. The highest BCUT2D eigenvalue weighted by Gasteiger charge is 2.09. The van der Waals surface area contributed by atoms with Crippen molar-refractivity contribution >= 4 is 17.6 Å². The number of methoxy groups -OCH3 is 2. The molecule has 94 valence electrons. The molecule has 0 unspecified atom stereocenters. The largest absolute Gasteiger partial charge is 0.493 e. The lowest BCUT2D eigenvalue weighted by Gasteiger charge is -2.11. The van der Waals surface area contributed by atoms with Gasteiger partial charge in [-0.1, -0.05) is 11.6 Å². The highest BCUT2D eigenvalue weighted by molar-refractivity contribution is 6.31. The summed E-state index contributed by atoms with van der Waals surface area (Å²) < 4.78 is 10.2. The summed E-state index contributed by atoms with van der Waals surface area (Å²) in [5.74, 6) is 0.185. The standard InChI is InChI=1S/C11H14ClNO4/c1-16-9-3-7(5-13-6-11(14)15)8(12)4-10(9)17-2/h3-4,13H,5-6H2,1-2H3,(H,14,15). The fourth-order valence-electron chi connectivity index (χ4n) is 1.34. The molecule has 0 saturated carbocycles. The van der Waals surface area contributed by atoms with Crippen molar-refractivity contribution in [3.8, 4) is 11.5 Å². The average molecular weight is 260 g/mol. The van der Waals surface area contributed by atoms with Crippen molar-refractivity contribution in [1.29, 1.82) is 0 Å². The second-order valence-electron chi connectivity index (χ2n) is 3.30. The van der Waals surface area contributed by atoms with Crippen LogP contribution in [0.4, 0.5) is 0 Å². The number of halogens is 1. The van der Waals surface area contributed by atoms with Gasteiger partial charge < -0.3 is 19.9 Å². The van der Waals surface area contributed by atoms with E-state index in [1.54, 1.807) is 12.1 Å². The number of benzene rings is 1. The van der Waals surface area contributed by atoms with Gasteiger partial charge >= 0.3 is 5.97 Å². The molecule has 0 bridgehead atoms. The molecule has 0 aliphatic carbocycles. The van der Waals surface area contributed by atoms with E-state index in [4.69, 9.17) is 26.2 Å². The van der Waals surface area contributed by atoms with E-state index in [1.165, 1.54) is 14.2 Å². The van der Waals surface area contributed by atoms with Gasteiger partial charge in [0.1, 0.15) is 0 Å². The van der Waals surface area contributed by atoms with Gasteiger partial charge in [-0.15, -0.1) is 0 Å². The summed E-state index contributed by atoms with van der Waals surface area (Å²) >= 11 is 6.03. The van der Waals surface area contributed by atoms with Crippen LogP contribution in [0.25, 0.3) is 0 Å². The van der Waals surface area contributed by atoms with Gasteiger partial charge in [-0.3, -0.25) is 4.79 Å². The Morgan fingerprint density at radius 3 is 2.47 bits per heavy atom. The maximum Gasteiger partial charge on any atom is 0.317 e. The molecule has 0 amide bonds. The van der Waals surface area contributed by atoms with Crippen molar-refractivity contribution in [3.05, 3.63) is 22.7 Å². The van der Waals surface area contributed by atoms with Crippen LogP contribution in [0, 0.1) is 0 Å². The van der Waals surface area contributed by atoms with Crippen molar-refractivity contribution in [2.75, 3.05) is 20.8 Å². The van der Waals surface area contributed by atoms with Crippen LogP contribution >= 0.6 is 11.6 Å². The van der Waals surface area contributed by atoms with Crippen LogP contribution in [0.2, 0.25) is 5.02 Å². The summed E-state index contributed by atoms with van der Waals surface area (Å²) in [6.07, 6.45) is 0. The van der Waals surface area contributed by atoms with Gasteiger partial charge in [0.2, 0.25) is 0 Å². The van der Waals surface area contributed by atoms with E-state index in [0.717, 1.165) is 5.56 Å². The lowest BCUT2D eigenvalue weighted by Crippen LogP contribution is -2.22. The quantitative estimate of drug-likeness (QED) is 0.811. The number of nitrogens with one attached hydrogen (secondary N) is 1. The molecule has 1 aromatic rings. The second kappa shape index (κ2) is 6.32. The lowest BCUT2D eigenvalue weighted by molar-refractivity contribution is -0.135. The SMILES string of the molecule is COc1cc(Cl)c(CNCC(=O)O)cc1OC. The fourth-order valence-corrected chi connectivity index (χ4v) is 1.56. The minimum absolute atomic E-state index is 0.120. The van der Waals surface area contributed by atoms with Gasteiger partial charge in [0.25, 0.3) is 0 Å². The molecule has 5 nitrogen and oxygen atoms in total. The molecule has 0 fully saturated rings. The highest BCUT2D eigenvalue weighted by Crippen LogP contribution is 2.32. The zero-order chi connectivity index (χ0) is 12.8. The number of hydrogen-bond acceptors (Lipinski definition) is 4. The molecule has 0 heterocycles. The summed E-state index contributed by atoms with van der Waals surface area (Å²) in [7, 11) is 3.05. The van der Waals surface area contributed by atoms with Gasteiger partial charge in [-0.25, -0.2) is 0 Å². The highest BCUT2D eigenvalue weighted by atomic mass is 35.5. The van der Waals surface area contributed by atoms with Crippen LogP contribution in [0.1, 0.15) is 5.56 Å². The van der Waals surface area contributed by atoms with Gasteiger partial charge in [-0.05, 0) is 11.6 Å². The van der Waals surface area contributed by atoms with E-state index in [9.17, 15) is 4.79 Å². The summed E-state index contributed by atoms with van der Waals surface area (Å²) in [6.45, 7) is 0.232. The number of ether oxygens (including phenoxy) is 2. The van der Waals surface area contributed by atoms with E-state index in [-0.39, 0.29) is 6.54 Å². The van der Waals surface area contributed by atoms with Gasteiger partial charge in [-0.2, -0.15) is 0 Å². The number of carbonyl (C=O) groups is 1. The van der Waals surface area contributed by atoms with Gasteiger partial charge in [0.05, 0.1) is 20.8 Å². The maximum atomic E-state index is 10.4. The molecule has 0 atom stereocenters. The zero-order valence-corrected chi connectivity index (χ0v) is 10.4. The molecule has 0 aliphatic rings. The minimum atomic E-state index is -0.915. The van der Waals surface area contributed by atoms with E-state index in [1.807, 2.05) is 0 Å². The summed E-state index contributed by atoms with van der Waals surface area (Å²) in [4.78, 5) is 10.4. The Bertz CT molecular complexity index is 409. The minimum Gasteiger partial charge on any atom is -0.493 e. The molecule has 0 radical (unpaired) electrons. The lowest BCUT2D eigenvalue weighted by atomic mass is 10.2. The van der Waals surface area contributed by atoms with Crippen molar-refractivity contribution < 1.29 is 19.4 Å². The van der Waals surface area contributed by atoms with Crippen molar-refractivity contribution in [2.45, 2.75) is 6.54 Å². The number of rotatable bonds is 6. The maximum absolute atomic E-state index is 10.4. The molecule has 1 rings (SSSR count).